The Balaban J connectivity index is 0.000000256. The van der Waals surface area contributed by atoms with Crippen molar-refractivity contribution >= 4 is 5.90 Å². The number of ether oxygens (including phenoxy) is 1. The van der Waals surface area contributed by atoms with Crippen LogP contribution in [0.1, 0.15) is 13.8 Å². The largest absolute Gasteiger partial charge is 0.475 e. The zero-order valence-electron chi connectivity index (χ0n) is 11.3. The average molecular weight is 297 g/mol. The molecule has 0 amide bonds. The second-order valence-corrected chi connectivity index (χ2v) is 4.69. The van der Waals surface area contributed by atoms with E-state index in [0.717, 1.165) is 18.1 Å². The van der Waals surface area contributed by atoms with Gasteiger partial charge in [0.15, 0.2) is 0 Å². The molecule has 3 rings (SSSR count). The zero-order chi connectivity index (χ0) is 12.8. The molecular weight excluding hydrogens is 278 g/mol. The number of hydrogen-bond donors (Lipinski definition) is 0. The van der Waals surface area contributed by atoms with Gasteiger partial charge in [-0.15, -0.1) is 0 Å². The first-order valence-electron chi connectivity index (χ1n) is 6.36. The fraction of sp³-hybridized carbons (Fsp3) is 0.312. The van der Waals surface area contributed by atoms with Crippen LogP contribution in [0.25, 0.3) is 0 Å². The van der Waals surface area contributed by atoms with Crippen LogP contribution in [0.4, 0.5) is 0 Å². The maximum Gasteiger partial charge on any atom is 0.212 e. The van der Waals surface area contributed by atoms with Crippen molar-refractivity contribution in [1.29, 1.82) is 0 Å². The monoisotopic (exact) mass is 297 g/mol. The van der Waals surface area contributed by atoms with Crippen molar-refractivity contribution in [2.45, 2.75) is 19.9 Å². The molecule has 0 aromatic rings. The van der Waals surface area contributed by atoms with Crippen LogP contribution in [0.2, 0.25) is 0 Å². The molecule has 1 aliphatic heterocycles. The van der Waals surface area contributed by atoms with Gasteiger partial charge in [-0.3, -0.25) is 0 Å². The first-order valence-corrected chi connectivity index (χ1v) is 6.36. The summed E-state index contributed by atoms with van der Waals surface area (Å²) in [6.07, 6.45) is 18.1. The van der Waals surface area contributed by atoms with Crippen LogP contribution < -0.4 is 0 Å². The molecule has 0 fully saturated rings. The molecule has 0 saturated heterocycles. The molecule has 1 heterocycles. The molecule has 3 aliphatic rings. The van der Waals surface area contributed by atoms with Crippen molar-refractivity contribution in [3.8, 4) is 0 Å². The Morgan fingerprint density at radius 3 is 2.26 bits per heavy atom. The Bertz CT molecular complexity index is 420. The summed E-state index contributed by atoms with van der Waals surface area (Å²) in [6, 6.07) is 0.338. The Hall–Kier alpha value is -1.05. The minimum absolute atomic E-state index is 0. The van der Waals surface area contributed by atoms with E-state index in [1.165, 1.54) is 0 Å². The smallest absolute Gasteiger partial charge is 0.212 e. The zero-order valence-corrected chi connectivity index (χ0v) is 12.4. The van der Waals surface area contributed by atoms with Gasteiger partial charge in [-0.05, 0) is 5.92 Å². The summed E-state index contributed by atoms with van der Waals surface area (Å²) in [5.74, 6) is 1.37. The number of nitrogens with zero attached hydrogens (tertiary/aromatic N) is 1. The molecule has 1 atom stereocenters. The van der Waals surface area contributed by atoms with Crippen molar-refractivity contribution in [1.82, 2.24) is 0 Å². The number of rotatable bonds is 2. The molecule has 0 spiro atoms. The molecule has 0 aromatic carbocycles. The van der Waals surface area contributed by atoms with Crippen LogP contribution in [0.15, 0.2) is 53.1 Å². The molecule has 2 nitrogen and oxygen atoms in total. The van der Waals surface area contributed by atoms with E-state index in [1.54, 1.807) is 0 Å². The molecule has 0 aromatic heterocycles. The van der Waals surface area contributed by atoms with Gasteiger partial charge >= 0.3 is 0 Å². The number of aliphatic imine (C=N–C) groups is 1. The van der Waals surface area contributed by atoms with E-state index in [-0.39, 0.29) is 17.1 Å². The summed E-state index contributed by atoms with van der Waals surface area (Å²) < 4.78 is 5.52. The molecule has 0 bridgehead atoms. The predicted molar refractivity (Wildman–Crippen MR) is 76.1 cm³/mol. The molecule has 2 aliphatic carbocycles. The third-order valence-electron chi connectivity index (χ3n) is 2.91. The fourth-order valence-corrected chi connectivity index (χ4v) is 1.73. The van der Waals surface area contributed by atoms with E-state index < -0.39 is 0 Å². The van der Waals surface area contributed by atoms with Crippen molar-refractivity contribution < 1.29 is 21.8 Å². The van der Waals surface area contributed by atoms with Crippen LogP contribution in [0, 0.1) is 18.8 Å². The van der Waals surface area contributed by atoms with Gasteiger partial charge in [-0.25, -0.2) is 4.99 Å². The molecular formula is C16H19FeNO. The minimum atomic E-state index is 0. The Kier molecular flexibility index (Phi) is 6.90. The van der Waals surface area contributed by atoms with E-state index in [2.05, 4.69) is 18.8 Å². The van der Waals surface area contributed by atoms with Gasteiger partial charge in [0.1, 0.15) is 6.61 Å². The summed E-state index contributed by atoms with van der Waals surface area (Å²) in [7, 11) is 0. The maximum atomic E-state index is 5.52. The number of hydrogen-bond acceptors (Lipinski definition) is 2. The summed E-state index contributed by atoms with van der Waals surface area (Å²) in [6.45, 7) is 5.08. The fourth-order valence-electron chi connectivity index (χ4n) is 1.73. The van der Waals surface area contributed by atoms with Gasteiger partial charge in [0.2, 0.25) is 5.90 Å². The van der Waals surface area contributed by atoms with E-state index >= 15 is 0 Å². The second kappa shape index (κ2) is 8.19. The summed E-state index contributed by atoms with van der Waals surface area (Å²) in [5.41, 5.74) is 1.10. The van der Waals surface area contributed by atoms with Crippen LogP contribution in [0.3, 0.4) is 0 Å². The van der Waals surface area contributed by atoms with E-state index in [0.29, 0.717) is 12.0 Å². The molecule has 3 heteroatoms. The second-order valence-electron chi connectivity index (χ2n) is 4.69. The van der Waals surface area contributed by atoms with Crippen molar-refractivity contribution in [3.05, 3.63) is 60.9 Å². The summed E-state index contributed by atoms with van der Waals surface area (Å²) in [4.78, 5) is 4.52. The number of allylic oxidation sites excluding steroid dienone is 7. The topological polar surface area (TPSA) is 21.6 Å². The first-order chi connectivity index (χ1) is 8.77. The third-order valence-corrected chi connectivity index (χ3v) is 2.91. The van der Waals surface area contributed by atoms with Gasteiger partial charge in [0, 0.05) is 35.5 Å². The first kappa shape index (κ1) is 16.0. The van der Waals surface area contributed by atoms with Crippen LogP contribution in [-0.2, 0) is 21.8 Å². The normalized spacial score (nSPS) is 22.6. The molecule has 0 saturated carbocycles. The summed E-state index contributed by atoms with van der Waals surface area (Å²) in [5, 5.41) is 0. The predicted octanol–water partition coefficient (Wildman–Crippen LogP) is 3.45. The van der Waals surface area contributed by atoms with E-state index in [4.69, 9.17) is 4.74 Å². The van der Waals surface area contributed by atoms with E-state index in [9.17, 15) is 0 Å². The minimum Gasteiger partial charge on any atom is -0.475 e. The van der Waals surface area contributed by atoms with Crippen LogP contribution in [-0.4, -0.2) is 18.5 Å². The molecule has 102 valence electrons. The third kappa shape index (κ3) is 4.85. The Morgan fingerprint density at radius 1 is 1.11 bits per heavy atom. The van der Waals surface area contributed by atoms with Gasteiger partial charge in [-0.1, -0.05) is 56.4 Å². The molecule has 2 radical (unpaired) electrons. The summed E-state index contributed by atoms with van der Waals surface area (Å²) >= 11 is 0. The van der Waals surface area contributed by atoms with Crippen LogP contribution >= 0.6 is 0 Å². The van der Waals surface area contributed by atoms with Crippen molar-refractivity contribution in [2.75, 3.05) is 6.61 Å². The quantitative estimate of drug-likeness (QED) is 0.715. The molecule has 1 unspecified atom stereocenters. The SMILES string of the molecule is CC(C)C1COC(C2=CC=C[CH]2)=N1.[CH]1C=CC=C1.[Fe]. The van der Waals surface area contributed by atoms with Gasteiger partial charge in [0.25, 0.3) is 0 Å². The molecule has 19 heavy (non-hydrogen) atoms. The Morgan fingerprint density at radius 2 is 1.84 bits per heavy atom. The van der Waals surface area contributed by atoms with Crippen molar-refractivity contribution in [3.63, 3.8) is 0 Å². The van der Waals surface area contributed by atoms with Crippen LogP contribution in [0.5, 0.6) is 0 Å². The van der Waals surface area contributed by atoms with Gasteiger partial charge in [0.05, 0.1) is 6.04 Å². The Labute approximate surface area is 126 Å². The average Bonchev–Trinajstić information content (AvgIpc) is 3.14. The molecule has 0 N–H and O–H groups in total. The van der Waals surface area contributed by atoms with Gasteiger partial charge in [-0.2, -0.15) is 0 Å². The van der Waals surface area contributed by atoms with Crippen molar-refractivity contribution in [2.24, 2.45) is 10.9 Å². The van der Waals surface area contributed by atoms with E-state index in [1.807, 2.05) is 55.4 Å². The standard InChI is InChI=1S/C11H14NO.C5H5.Fe/c1-8(2)10-7-13-11(12-10)9-5-3-4-6-9;1-2-4-5-3-1;/h3-6,8,10H,7H2,1-2H3;1-5H;. The maximum absolute atomic E-state index is 5.52. The van der Waals surface area contributed by atoms with Gasteiger partial charge < -0.3 is 4.74 Å².